The second kappa shape index (κ2) is 7.23. The van der Waals surface area contributed by atoms with Crippen LogP contribution in [0, 0.1) is 6.92 Å². The Bertz CT molecular complexity index is 727. The zero-order valence-electron chi connectivity index (χ0n) is 13.1. The number of aromatic carboxylic acids is 1. The quantitative estimate of drug-likeness (QED) is 0.847. The Kier molecular flexibility index (Phi) is 5.33. The summed E-state index contributed by atoms with van der Waals surface area (Å²) in [6.45, 7) is 5.81. The van der Waals surface area contributed by atoms with E-state index in [9.17, 15) is 9.59 Å². The molecule has 1 amide bonds. The van der Waals surface area contributed by atoms with Gasteiger partial charge < -0.3 is 15.2 Å². The first-order valence-corrected chi connectivity index (χ1v) is 7.98. The molecule has 6 nitrogen and oxygen atoms in total. The number of carbonyl (C=O) groups excluding carboxylic acids is 1. The van der Waals surface area contributed by atoms with E-state index < -0.39 is 5.97 Å². The molecule has 1 unspecified atom stereocenters. The van der Waals surface area contributed by atoms with Crippen LogP contribution in [0.3, 0.4) is 0 Å². The summed E-state index contributed by atoms with van der Waals surface area (Å²) < 4.78 is 5.38. The summed E-state index contributed by atoms with van der Waals surface area (Å²) in [4.78, 5) is 27.8. The van der Waals surface area contributed by atoms with Crippen LogP contribution < -0.4 is 10.1 Å². The highest BCUT2D eigenvalue weighted by atomic mass is 32.1. The standard InChI is InChI=1S/C16H18N2O4S/c1-4-22-12-7-5-6-11(8-12)14(19)17-10(3)15-18-9(2)13(23-15)16(20)21/h5-8,10H,4H2,1-3H3,(H,17,19)(H,20,21). The molecule has 2 N–H and O–H groups in total. The lowest BCUT2D eigenvalue weighted by molar-refractivity contribution is 0.0701. The molecule has 0 aliphatic rings. The zero-order valence-corrected chi connectivity index (χ0v) is 13.9. The Balaban J connectivity index is 2.11. The second-order valence-corrected chi connectivity index (χ2v) is 5.96. The molecule has 0 aliphatic heterocycles. The van der Waals surface area contributed by atoms with Crippen molar-refractivity contribution in [3.63, 3.8) is 0 Å². The van der Waals surface area contributed by atoms with Crippen LogP contribution in [-0.2, 0) is 0 Å². The van der Waals surface area contributed by atoms with Crippen LogP contribution in [0.25, 0.3) is 0 Å². The summed E-state index contributed by atoms with van der Waals surface area (Å²) >= 11 is 1.07. The number of benzene rings is 1. The van der Waals surface area contributed by atoms with E-state index in [1.54, 1.807) is 38.1 Å². The van der Waals surface area contributed by atoms with Crippen molar-refractivity contribution in [2.75, 3.05) is 6.61 Å². The van der Waals surface area contributed by atoms with E-state index in [-0.39, 0.29) is 16.8 Å². The van der Waals surface area contributed by atoms with Crippen LogP contribution in [0.1, 0.15) is 50.6 Å². The lowest BCUT2D eigenvalue weighted by Crippen LogP contribution is -2.26. The minimum absolute atomic E-state index is 0.194. The maximum atomic E-state index is 12.3. The molecule has 0 spiro atoms. The van der Waals surface area contributed by atoms with Crippen molar-refractivity contribution in [2.24, 2.45) is 0 Å². The maximum absolute atomic E-state index is 12.3. The molecule has 2 aromatic rings. The molecule has 0 saturated carbocycles. The number of ether oxygens (including phenoxy) is 1. The predicted molar refractivity (Wildman–Crippen MR) is 87.3 cm³/mol. The highest BCUT2D eigenvalue weighted by molar-refractivity contribution is 7.13. The van der Waals surface area contributed by atoms with Gasteiger partial charge >= 0.3 is 5.97 Å². The van der Waals surface area contributed by atoms with Gasteiger partial charge in [-0.25, -0.2) is 9.78 Å². The van der Waals surface area contributed by atoms with Gasteiger partial charge in [-0.05, 0) is 39.0 Å². The van der Waals surface area contributed by atoms with Gasteiger partial charge in [-0.2, -0.15) is 0 Å². The van der Waals surface area contributed by atoms with Gasteiger partial charge in [0.05, 0.1) is 18.3 Å². The summed E-state index contributed by atoms with van der Waals surface area (Å²) in [7, 11) is 0. The number of carboxylic acid groups (broad SMARTS) is 1. The highest BCUT2D eigenvalue weighted by Crippen LogP contribution is 2.24. The summed E-state index contributed by atoms with van der Waals surface area (Å²) in [6.07, 6.45) is 0. The van der Waals surface area contributed by atoms with E-state index in [1.807, 2.05) is 6.92 Å². The van der Waals surface area contributed by atoms with Crippen LogP contribution in [0.4, 0.5) is 0 Å². The molecule has 0 fully saturated rings. The van der Waals surface area contributed by atoms with E-state index in [4.69, 9.17) is 9.84 Å². The first-order chi connectivity index (χ1) is 10.9. The van der Waals surface area contributed by atoms with Crippen molar-refractivity contribution in [2.45, 2.75) is 26.8 Å². The topological polar surface area (TPSA) is 88.5 Å². The van der Waals surface area contributed by atoms with E-state index in [2.05, 4.69) is 10.3 Å². The third kappa shape index (κ3) is 4.07. The molecular formula is C16H18N2O4S. The number of amides is 1. The molecule has 1 aromatic heterocycles. The average molecular weight is 334 g/mol. The van der Waals surface area contributed by atoms with Crippen molar-refractivity contribution in [3.05, 3.63) is 45.4 Å². The summed E-state index contributed by atoms with van der Waals surface area (Å²) in [5, 5.41) is 12.5. The van der Waals surface area contributed by atoms with Gasteiger partial charge in [0.15, 0.2) is 0 Å². The molecule has 0 aliphatic carbocycles. The van der Waals surface area contributed by atoms with Gasteiger partial charge in [0.1, 0.15) is 15.6 Å². The van der Waals surface area contributed by atoms with Crippen molar-refractivity contribution in [1.82, 2.24) is 10.3 Å². The van der Waals surface area contributed by atoms with Gasteiger partial charge in [-0.3, -0.25) is 4.79 Å². The number of thiazole rings is 1. The summed E-state index contributed by atoms with van der Waals surface area (Å²) in [5.74, 6) is -0.635. The first kappa shape index (κ1) is 17.0. The van der Waals surface area contributed by atoms with E-state index >= 15 is 0 Å². The number of hydrogen-bond acceptors (Lipinski definition) is 5. The van der Waals surface area contributed by atoms with Crippen LogP contribution in [-0.4, -0.2) is 28.6 Å². The highest BCUT2D eigenvalue weighted by Gasteiger charge is 2.19. The SMILES string of the molecule is CCOc1cccc(C(=O)NC(C)c2nc(C)c(C(=O)O)s2)c1. The molecule has 23 heavy (non-hydrogen) atoms. The summed E-state index contributed by atoms with van der Waals surface area (Å²) in [5.41, 5.74) is 0.937. The summed E-state index contributed by atoms with van der Waals surface area (Å²) in [6, 6.07) is 6.52. The molecule has 0 bridgehead atoms. The third-order valence-corrected chi connectivity index (χ3v) is 4.46. The Morgan fingerprint density at radius 3 is 2.78 bits per heavy atom. The van der Waals surface area contributed by atoms with Gasteiger partial charge in [0.2, 0.25) is 0 Å². The van der Waals surface area contributed by atoms with Gasteiger partial charge in [-0.1, -0.05) is 6.07 Å². The number of rotatable bonds is 6. The maximum Gasteiger partial charge on any atom is 0.347 e. The fraction of sp³-hybridized carbons (Fsp3) is 0.312. The van der Waals surface area contributed by atoms with Crippen molar-refractivity contribution in [3.8, 4) is 5.75 Å². The number of aryl methyl sites for hydroxylation is 1. The van der Waals surface area contributed by atoms with E-state index in [0.29, 0.717) is 28.6 Å². The zero-order chi connectivity index (χ0) is 17.0. The molecule has 122 valence electrons. The van der Waals surface area contributed by atoms with Crippen molar-refractivity contribution < 1.29 is 19.4 Å². The largest absolute Gasteiger partial charge is 0.494 e. The number of nitrogens with one attached hydrogen (secondary N) is 1. The van der Waals surface area contributed by atoms with E-state index in [0.717, 1.165) is 11.3 Å². The molecule has 1 atom stereocenters. The Morgan fingerprint density at radius 1 is 1.43 bits per heavy atom. The number of nitrogens with zero attached hydrogens (tertiary/aromatic N) is 1. The monoisotopic (exact) mass is 334 g/mol. The predicted octanol–water partition coefficient (Wildman–Crippen LogP) is 3.04. The van der Waals surface area contributed by atoms with Crippen LogP contribution in [0.2, 0.25) is 0 Å². The van der Waals surface area contributed by atoms with Crippen LogP contribution >= 0.6 is 11.3 Å². The molecule has 1 aromatic carbocycles. The van der Waals surface area contributed by atoms with Gasteiger partial charge in [-0.15, -0.1) is 11.3 Å². The minimum Gasteiger partial charge on any atom is -0.494 e. The first-order valence-electron chi connectivity index (χ1n) is 7.16. The number of carbonyl (C=O) groups is 2. The van der Waals surface area contributed by atoms with Crippen LogP contribution in [0.5, 0.6) is 5.75 Å². The molecule has 2 rings (SSSR count). The number of carboxylic acids is 1. The smallest absolute Gasteiger partial charge is 0.347 e. The van der Waals surface area contributed by atoms with Crippen LogP contribution in [0.15, 0.2) is 24.3 Å². The second-order valence-electron chi connectivity index (χ2n) is 4.93. The van der Waals surface area contributed by atoms with Gasteiger partial charge in [0, 0.05) is 5.56 Å². The normalized spacial score (nSPS) is 11.8. The molecule has 0 radical (unpaired) electrons. The van der Waals surface area contributed by atoms with Crippen molar-refractivity contribution >= 4 is 23.2 Å². The van der Waals surface area contributed by atoms with Crippen molar-refractivity contribution in [1.29, 1.82) is 0 Å². The minimum atomic E-state index is -1.01. The van der Waals surface area contributed by atoms with Gasteiger partial charge in [0.25, 0.3) is 5.91 Å². The van der Waals surface area contributed by atoms with E-state index in [1.165, 1.54) is 0 Å². The average Bonchev–Trinajstić information content (AvgIpc) is 2.90. The molecule has 7 heteroatoms. The lowest BCUT2D eigenvalue weighted by atomic mass is 10.2. The Morgan fingerprint density at radius 2 is 2.17 bits per heavy atom. The Labute approximate surface area is 138 Å². The number of hydrogen-bond donors (Lipinski definition) is 2. The third-order valence-electron chi connectivity index (χ3n) is 3.13. The number of aromatic nitrogens is 1. The molecule has 0 saturated heterocycles. The molecular weight excluding hydrogens is 316 g/mol. The molecule has 1 heterocycles. The fourth-order valence-corrected chi connectivity index (χ4v) is 2.94. The Hall–Kier alpha value is -2.41. The fourth-order valence-electron chi connectivity index (χ4n) is 2.04. The lowest BCUT2D eigenvalue weighted by Gasteiger charge is -2.12.